The molecule has 0 aromatic carbocycles. The van der Waals surface area contributed by atoms with Gasteiger partial charge in [-0.15, -0.1) is 5.10 Å². The normalized spacial score (nSPS) is 14.7. The standard InChI is InChI=1S/C19H24N8O2/c1-21-14-9-16(26-27-15(17(20)28)10-24-18(14)27)25-13-3-2-6-23-19(13)29-11-12-4-7-22-8-5-12/h2-3,6,9-10,12,21-22H,4-5,7-8,11H2,1H3,(H2,20,28)(H,25,26). The van der Waals surface area contributed by atoms with Crippen molar-refractivity contribution in [3.63, 3.8) is 0 Å². The minimum Gasteiger partial charge on any atom is -0.476 e. The lowest BCUT2D eigenvalue weighted by atomic mass is 9.99. The molecule has 1 saturated heterocycles. The van der Waals surface area contributed by atoms with Gasteiger partial charge in [0.1, 0.15) is 11.4 Å². The molecule has 1 aliphatic heterocycles. The van der Waals surface area contributed by atoms with Crippen molar-refractivity contribution in [3.05, 3.63) is 36.3 Å². The number of nitrogens with one attached hydrogen (secondary N) is 3. The molecule has 0 aliphatic carbocycles. The maximum atomic E-state index is 11.7. The van der Waals surface area contributed by atoms with Crippen molar-refractivity contribution in [3.8, 4) is 5.88 Å². The highest BCUT2D eigenvalue weighted by molar-refractivity contribution is 5.92. The fourth-order valence-corrected chi connectivity index (χ4v) is 3.37. The van der Waals surface area contributed by atoms with Crippen LogP contribution in [0.5, 0.6) is 5.88 Å². The van der Waals surface area contributed by atoms with E-state index in [1.54, 1.807) is 19.3 Å². The lowest BCUT2D eigenvalue weighted by Crippen LogP contribution is -2.30. The van der Waals surface area contributed by atoms with Gasteiger partial charge in [0, 0.05) is 19.3 Å². The fourth-order valence-electron chi connectivity index (χ4n) is 3.37. The lowest BCUT2D eigenvalue weighted by molar-refractivity contribution is 0.0993. The number of carbonyl (C=O) groups is 1. The van der Waals surface area contributed by atoms with E-state index in [0.29, 0.717) is 41.2 Å². The van der Waals surface area contributed by atoms with E-state index in [1.165, 1.54) is 10.7 Å². The molecule has 1 fully saturated rings. The van der Waals surface area contributed by atoms with Gasteiger partial charge in [-0.25, -0.2) is 14.5 Å². The van der Waals surface area contributed by atoms with Crippen LogP contribution in [-0.2, 0) is 0 Å². The molecular formula is C19H24N8O2. The molecule has 0 spiro atoms. The lowest BCUT2D eigenvalue weighted by Gasteiger charge is -2.23. The molecule has 0 saturated carbocycles. The first-order valence-electron chi connectivity index (χ1n) is 9.57. The van der Waals surface area contributed by atoms with E-state index >= 15 is 0 Å². The molecule has 0 radical (unpaired) electrons. The fraction of sp³-hybridized carbons (Fsp3) is 0.368. The van der Waals surface area contributed by atoms with Crippen LogP contribution >= 0.6 is 0 Å². The number of hydrogen-bond donors (Lipinski definition) is 4. The second-order valence-corrected chi connectivity index (χ2v) is 6.92. The molecule has 0 unspecified atom stereocenters. The van der Waals surface area contributed by atoms with E-state index in [-0.39, 0.29) is 5.69 Å². The van der Waals surface area contributed by atoms with Gasteiger partial charge < -0.3 is 26.4 Å². The van der Waals surface area contributed by atoms with Gasteiger partial charge in [0.15, 0.2) is 11.5 Å². The zero-order valence-electron chi connectivity index (χ0n) is 16.2. The van der Waals surface area contributed by atoms with Crippen molar-refractivity contribution in [1.29, 1.82) is 0 Å². The Morgan fingerprint density at radius 2 is 2.17 bits per heavy atom. The third kappa shape index (κ3) is 4.06. The molecule has 4 rings (SSSR count). The van der Waals surface area contributed by atoms with Crippen molar-refractivity contribution in [2.45, 2.75) is 12.8 Å². The molecule has 1 amide bonds. The Hall–Kier alpha value is -3.40. The largest absolute Gasteiger partial charge is 0.476 e. The quantitative estimate of drug-likeness (QED) is 0.471. The summed E-state index contributed by atoms with van der Waals surface area (Å²) >= 11 is 0. The summed E-state index contributed by atoms with van der Waals surface area (Å²) in [5.74, 6) is 0.930. The summed E-state index contributed by atoms with van der Waals surface area (Å²) in [4.78, 5) is 20.3. The van der Waals surface area contributed by atoms with Crippen LogP contribution in [0, 0.1) is 5.92 Å². The Kier molecular flexibility index (Phi) is 5.43. The Bertz CT molecular complexity index is 1010. The Balaban J connectivity index is 1.59. The van der Waals surface area contributed by atoms with Crippen LogP contribution in [0.2, 0.25) is 0 Å². The smallest absolute Gasteiger partial charge is 0.269 e. The summed E-state index contributed by atoms with van der Waals surface area (Å²) in [6.45, 7) is 2.66. The minimum absolute atomic E-state index is 0.203. The van der Waals surface area contributed by atoms with Crippen LogP contribution < -0.4 is 26.4 Å². The number of hydrogen-bond acceptors (Lipinski definition) is 8. The van der Waals surface area contributed by atoms with Gasteiger partial charge in [-0.05, 0) is 44.0 Å². The number of carbonyl (C=O) groups excluding carboxylic acids is 1. The van der Waals surface area contributed by atoms with Crippen LogP contribution in [0.4, 0.5) is 17.2 Å². The number of nitrogens with two attached hydrogens (primary N) is 1. The second-order valence-electron chi connectivity index (χ2n) is 6.92. The molecule has 3 aromatic heterocycles. The van der Waals surface area contributed by atoms with E-state index < -0.39 is 5.91 Å². The molecular weight excluding hydrogens is 372 g/mol. The molecule has 0 atom stereocenters. The van der Waals surface area contributed by atoms with Crippen LogP contribution in [0.1, 0.15) is 23.3 Å². The number of primary amides is 1. The van der Waals surface area contributed by atoms with Crippen molar-refractivity contribution in [1.82, 2.24) is 24.9 Å². The molecule has 4 heterocycles. The summed E-state index contributed by atoms with van der Waals surface area (Å²) in [5, 5.41) is 14.1. The van der Waals surface area contributed by atoms with Crippen LogP contribution in [0.3, 0.4) is 0 Å². The summed E-state index contributed by atoms with van der Waals surface area (Å²) in [7, 11) is 1.77. The highest BCUT2D eigenvalue weighted by atomic mass is 16.5. The zero-order chi connectivity index (χ0) is 20.2. The number of anilines is 3. The van der Waals surface area contributed by atoms with Gasteiger partial charge in [-0.3, -0.25) is 4.79 Å². The molecule has 10 nitrogen and oxygen atoms in total. The van der Waals surface area contributed by atoms with E-state index in [0.717, 1.165) is 25.9 Å². The SMILES string of the molecule is CNc1cc(Nc2cccnc2OCC2CCNCC2)nn2c(C(N)=O)cnc12. The molecule has 1 aliphatic rings. The number of fused-ring (bicyclic) bond motifs is 1. The third-order valence-electron chi connectivity index (χ3n) is 4.94. The average molecular weight is 396 g/mol. The Morgan fingerprint density at radius 1 is 1.34 bits per heavy atom. The monoisotopic (exact) mass is 396 g/mol. The van der Waals surface area contributed by atoms with E-state index in [9.17, 15) is 4.79 Å². The summed E-state index contributed by atoms with van der Waals surface area (Å²) in [6.07, 6.45) is 5.29. The van der Waals surface area contributed by atoms with Crippen LogP contribution in [0.25, 0.3) is 5.65 Å². The van der Waals surface area contributed by atoms with Gasteiger partial charge >= 0.3 is 0 Å². The van der Waals surface area contributed by atoms with E-state index in [2.05, 4.69) is 31.0 Å². The molecule has 10 heteroatoms. The molecule has 3 aromatic rings. The third-order valence-corrected chi connectivity index (χ3v) is 4.94. The van der Waals surface area contributed by atoms with Gasteiger partial charge in [0.2, 0.25) is 5.88 Å². The van der Waals surface area contributed by atoms with Crippen molar-refractivity contribution in [2.24, 2.45) is 11.7 Å². The topological polar surface area (TPSA) is 131 Å². The summed E-state index contributed by atoms with van der Waals surface area (Å²) < 4.78 is 7.42. The van der Waals surface area contributed by atoms with E-state index in [4.69, 9.17) is 10.5 Å². The van der Waals surface area contributed by atoms with Gasteiger partial charge in [0.25, 0.3) is 5.91 Å². The average Bonchev–Trinajstić information content (AvgIpc) is 3.17. The van der Waals surface area contributed by atoms with Gasteiger partial charge in [-0.2, -0.15) is 0 Å². The second kappa shape index (κ2) is 8.31. The predicted octanol–water partition coefficient (Wildman–Crippen LogP) is 1.39. The maximum Gasteiger partial charge on any atom is 0.269 e. The Morgan fingerprint density at radius 3 is 2.93 bits per heavy atom. The van der Waals surface area contributed by atoms with E-state index in [1.807, 2.05) is 12.1 Å². The van der Waals surface area contributed by atoms with Crippen molar-refractivity contribution < 1.29 is 9.53 Å². The first kappa shape index (κ1) is 18.9. The summed E-state index contributed by atoms with van der Waals surface area (Å²) in [5.41, 5.74) is 7.55. The molecule has 152 valence electrons. The van der Waals surface area contributed by atoms with Gasteiger partial charge in [-0.1, -0.05) is 0 Å². The highest BCUT2D eigenvalue weighted by Crippen LogP contribution is 2.27. The number of rotatable bonds is 7. The summed E-state index contributed by atoms with van der Waals surface area (Å²) in [6, 6.07) is 5.50. The number of nitrogens with zero attached hydrogens (tertiary/aromatic N) is 4. The van der Waals surface area contributed by atoms with Crippen LogP contribution in [0.15, 0.2) is 30.6 Å². The zero-order valence-corrected chi connectivity index (χ0v) is 16.2. The molecule has 29 heavy (non-hydrogen) atoms. The minimum atomic E-state index is -0.600. The first-order chi connectivity index (χ1) is 14.2. The molecule has 5 N–H and O–H groups in total. The van der Waals surface area contributed by atoms with Crippen molar-refractivity contribution in [2.75, 3.05) is 37.4 Å². The van der Waals surface area contributed by atoms with Gasteiger partial charge in [0.05, 0.1) is 18.5 Å². The number of imidazole rings is 1. The number of aromatic nitrogens is 4. The Labute approximate surface area is 167 Å². The first-order valence-corrected chi connectivity index (χ1v) is 9.57. The molecule has 0 bridgehead atoms. The van der Waals surface area contributed by atoms with Crippen molar-refractivity contribution >= 4 is 28.7 Å². The maximum absolute atomic E-state index is 11.7. The number of piperidine rings is 1. The predicted molar refractivity (Wildman–Crippen MR) is 110 cm³/mol. The number of ether oxygens (including phenoxy) is 1. The number of amides is 1. The number of pyridine rings is 1. The highest BCUT2D eigenvalue weighted by Gasteiger charge is 2.17. The van der Waals surface area contributed by atoms with Crippen LogP contribution in [-0.4, -0.2) is 52.2 Å².